The van der Waals surface area contributed by atoms with Gasteiger partial charge >= 0.3 is 0 Å². The van der Waals surface area contributed by atoms with E-state index in [2.05, 4.69) is 12.6 Å². The molecule has 82 valence electrons. The zero-order chi connectivity index (χ0) is 11.4. The Morgan fingerprint density at radius 1 is 1.47 bits per heavy atom. The molecule has 2 N–H and O–H groups in total. The largest absolute Gasteiger partial charge is 0.389 e. The van der Waals surface area contributed by atoms with Crippen LogP contribution in [0.1, 0.15) is 22.0 Å². The summed E-state index contributed by atoms with van der Waals surface area (Å²) < 4.78 is 13.1. The molecule has 0 spiro atoms. The van der Waals surface area contributed by atoms with Gasteiger partial charge in [-0.2, -0.15) is 12.6 Å². The monoisotopic (exact) mass is 230 g/mol. The molecule has 0 aliphatic heterocycles. The Hall–Kier alpha value is -0.910. The smallest absolute Gasteiger partial charge is 0.153 e. The Kier molecular flexibility index (Phi) is 4.26. The highest BCUT2D eigenvalue weighted by Crippen LogP contribution is 2.22. The van der Waals surface area contributed by atoms with E-state index in [1.54, 1.807) is 0 Å². The van der Waals surface area contributed by atoms with Gasteiger partial charge in [-0.3, -0.25) is 4.79 Å². The molecule has 1 rings (SSSR count). The van der Waals surface area contributed by atoms with Crippen molar-refractivity contribution in [2.24, 2.45) is 0 Å². The average molecular weight is 230 g/mol. The lowest BCUT2D eigenvalue weighted by Gasteiger charge is -2.17. The summed E-state index contributed by atoms with van der Waals surface area (Å²) in [5.74, 6) is -0.691. The highest BCUT2D eigenvalue weighted by Gasteiger charge is 2.21. The number of aliphatic hydroxyl groups is 2. The van der Waals surface area contributed by atoms with E-state index < -0.39 is 18.0 Å². The van der Waals surface area contributed by atoms with Gasteiger partial charge in [-0.05, 0) is 11.6 Å². The number of hydrogen-bond donors (Lipinski definition) is 3. The van der Waals surface area contributed by atoms with Gasteiger partial charge in [-0.1, -0.05) is 12.1 Å². The van der Waals surface area contributed by atoms with Gasteiger partial charge in [0, 0.05) is 5.75 Å². The predicted molar refractivity (Wildman–Crippen MR) is 56.6 cm³/mol. The van der Waals surface area contributed by atoms with Crippen LogP contribution in [0, 0.1) is 5.82 Å². The first-order valence-electron chi connectivity index (χ1n) is 4.32. The second-order valence-electron chi connectivity index (χ2n) is 3.06. The Morgan fingerprint density at radius 2 is 2.13 bits per heavy atom. The van der Waals surface area contributed by atoms with Crippen molar-refractivity contribution >= 4 is 18.9 Å². The summed E-state index contributed by atoms with van der Waals surface area (Å²) in [5, 5.41) is 18.9. The fourth-order valence-electron chi connectivity index (χ4n) is 1.24. The lowest BCUT2D eigenvalue weighted by Crippen LogP contribution is -2.21. The van der Waals surface area contributed by atoms with Gasteiger partial charge in [0.25, 0.3) is 0 Å². The molecule has 3 nitrogen and oxygen atoms in total. The highest BCUT2D eigenvalue weighted by atomic mass is 32.1. The van der Waals surface area contributed by atoms with Crippen molar-refractivity contribution in [3.05, 3.63) is 35.1 Å². The number of benzene rings is 1. The van der Waals surface area contributed by atoms with Crippen LogP contribution in [0.4, 0.5) is 4.39 Å². The minimum atomic E-state index is -1.31. The molecule has 5 heteroatoms. The maximum Gasteiger partial charge on any atom is 0.153 e. The average Bonchev–Trinajstić information content (AvgIpc) is 2.26. The van der Waals surface area contributed by atoms with Crippen LogP contribution in [-0.2, 0) is 0 Å². The van der Waals surface area contributed by atoms with Crippen molar-refractivity contribution in [3.63, 3.8) is 0 Å². The molecule has 0 bridgehead atoms. The molecule has 1 aromatic rings. The number of carbonyl (C=O) groups excluding carboxylic acids is 1. The van der Waals surface area contributed by atoms with E-state index in [-0.39, 0.29) is 16.9 Å². The van der Waals surface area contributed by atoms with Crippen molar-refractivity contribution in [3.8, 4) is 0 Å². The fraction of sp³-hybridized carbons (Fsp3) is 0.300. The topological polar surface area (TPSA) is 57.5 Å². The molecule has 0 fully saturated rings. The van der Waals surface area contributed by atoms with Gasteiger partial charge in [0.15, 0.2) is 6.29 Å². The number of thiol groups is 1. The molecule has 2 unspecified atom stereocenters. The van der Waals surface area contributed by atoms with E-state index in [9.17, 15) is 19.4 Å². The molecule has 0 aliphatic carbocycles. The summed E-state index contributed by atoms with van der Waals surface area (Å²) in [6.07, 6.45) is -2.12. The first-order chi connectivity index (χ1) is 7.11. The van der Waals surface area contributed by atoms with E-state index in [0.717, 1.165) is 6.07 Å². The zero-order valence-corrected chi connectivity index (χ0v) is 8.69. The molecule has 0 aromatic heterocycles. The number of aldehydes is 1. The summed E-state index contributed by atoms with van der Waals surface area (Å²) in [4.78, 5) is 10.6. The van der Waals surface area contributed by atoms with Crippen LogP contribution in [0.25, 0.3) is 0 Å². The van der Waals surface area contributed by atoms with E-state index in [4.69, 9.17) is 0 Å². The van der Waals surface area contributed by atoms with Gasteiger partial charge in [0.05, 0.1) is 11.7 Å². The molecule has 0 saturated carbocycles. The molecule has 0 radical (unpaired) electrons. The zero-order valence-electron chi connectivity index (χ0n) is 7.80. The molecule has 2 atom stereocenters. The summed E-state index contributed by atoms with van der Waals surface area (Å²) in [6.45, 7) is 0. The Balaban J connectivity index is 3.13. The number of carbonyl (C=O) groups is 1. The van der Waals surface area contributed by atoms with Crippen LogP contribution in [0.15, 0.2) is 18.2 Å². The second kappa shape index (κ2) is 5.25. The first-order valence-corrected chi connectivity index (χ1v) is 4.95. The number of rotatable bonds is 4. The van der Waals surface area contributed by atoms with Crippen LogP contribution >= 0.6 is 12.6 Å². The van der Waals surface area contributed by atoms with E-state index in [1.165, 1.54) is 12.1 Å². The third-order valence-electron chi connectivity index (χ3n) is 2.07. The predicted octanol–water partition coefficient (Wildman–Crippen LogP) is 0.962. The summed E-state index contributed by atoms with van der Waals surface area (Å²) in [7, 11) is 0. The standard InChI is InChI=1S/C10H11FO3S/c11-8-3-1-2-6(7(8)4-12)10(14)9(13)5-15/h1-4,9-10,13-15H,5H2. The van der Waals surface area contributed by atoms with Gasteiger partial charge in [0.1, 0.15) is 11.9 Å². The number of aliphatic hydroxyl groups excluding tert-OH is 2. The maximum absolute atomic E-state index is 13.1. The summed E-state index contributed by atoms with van der Waals surface area (Å²) in [5.41, 5.74) is -0.155. The Bertz CT molecular complexity index is 357. The molecule has 0 aliphatic rings. The third kappa shape index (κ3) is 2.56. The van der Waals surface area contributed by atoms with Gasteiger partial charge in [-0.15, -0.1) is 0 Å². The maximum atomic E-state index is 13.1. The molecular formula is C10H11FO3S. The van der Waals surface area contributed by atoms with Gasteiger partial charge in [0.2, 0.25) is 0 Å². The molecule has 0 saturated heterocycles. The van der Waals surface area contributed by atoms with E-state index in [0.29, 0.717) is 6.29 Å². The third-order valence-corrected chi connectivity index (χ3v) is 2.45. The second-order valence-corrected chi connectivity index (χ2v) is 3.42. The van der Waals surface area contributed by atoms with Gasteiger partial charge in [-0.25, -0.2) is 4.39 Å². The quantitative estimate of drug-likeness (QED) is 0.533. The van der Waals surface area contributed by atoms with Crippen LogP contribution in [-0.4, -0.2) is 28.4 Å². The number of halogens is 1. The normalized spacial score (nSPS) is 14.7. The molecular weight excluding hydrogens is 219 g/mol. The number of hydrogen-bond acceptors (Lipinski definition) is 4. The van der Waals surface area contributed by atoms with Crippen molar-refractivity contribution in [2.75, 3.05) is 5.75 Å². The molecule has 1 aromatic carbocycles. The fourth-order valence-corrected chi connectivity index (χ4v) is 1.44. The van der Waals surface area contributed by atoms with Crippen molar-refractivity contribution in [2.45, 2.75) is 12.2 Å². The molecule has 0 amide bonds. The SMILES string of the molecule is O=Cc1c(F)cccc1C(O)C(O)CS. The molecule has 15 heavy (non-hydrogen) atoms. The van der Waals surface area contributed by atoms with Gasteiger partial charge < -0.3 is 10.2 Å². The summed E-state index contributed by atoms with van der Waals surface area (Å²) in [6, 6.07) is 3.88. The van der Waals surface area contributed by atoms with Crippen molar-refractivity contribution in [1.82, 2.24) is 0 Å². The van der Waals surface area contributed by atoms with Crippen LogP contribution in [0.5, 0.6) is 0 Å². The lowest BCUT2D eigenvalue weighted by molar-refractivity contribution is 0.0331. The minimum absolute atomic E-state index is 0.0238. The van der Waals surface area contributed by atoms with Crippen LogP contribution in [0.2, 0.25) is 0 Å². The Morgan fingerprint density at radius 3 is 2.67 bits per heavy atom. The first kappa shape index (κ1) is 12.2. The molecule has 0 heterocycles. The van der Waals surface area contributed by atoms with E-state index >= 15 is 0 Å². The highest BCUT2D eigenvalue weighted by molar-refractivity contribution is 7.80. The van der Waals surface area contributed by atoms with Crippen molar-refractivity contribution in [1.29, 1.82) is 0 Å². The Labute approximate surface area is 92.0 Å². The van der Waals surface area contributed by atoms with E-state index in [1.807, 2.05) is 0 Å². The van der Waals surface area contributed by atoms with Crippen LogP contribution in [0.3, 0.4) is 0 Å². The lowest BCUT2D eigenvalue weighted by atomic mass is 9.99. The summed E-state index contributed by atoms with van der Waals surface area (Å²) >= 11 is 3.80. The van der Waals surface area contributed by atoms with Crippen LogP contribution < -0.4 is 0 Å². The van der Waals surface area contributed by atoms with Crippen molar-refractivity contribution < 1.29 is 19.4 Å². The minimum Gasteiger partial charge on any atom is -0.389 e.